The molecule has 0 radical (unpaired) electrons. The van der Waals surface area contributed by atoms with Crippen LogP contribution in [0.4, 0.5) is 5.69 Å². The lowest BCUT2D eigenvalue weighted by atomic mass is 10.1. The lowest BCUT2D eigenvalue weighted by Gasteiger charge is -2.13. The first-order valence-electron chi connectivity index (χ1n) is 10.9. The van der Waals surface area contributed by atoms with Crippen LogP contribution < -0.4 is 10.4 Å². The molecule has 5 rings (SSSR count). The molecule has 1 N–H and O–H groups in total. The van der Waals surface area contributed by atoms with Crippen LogP contribution in [-0.4, -0.2) is 44.6 Å². The Hall–Kier alpha value is -4.66. The lowest BCUT2D eigenvalue weighted by Crippen LogP contribution is -2.24. The van der Waals surface area contributed by atoms with E-state index in [4.69, 9.17) is 5.10 Å². The van der Waals surface area contributed by atoms with Crippen molar-refractivity contribution in [3.63, 3.8) is 0 Å². The molecule has 3 aromatic carbocycles. The van der Waals surface area contributed by atoms with Crippen molar-refractivity contribution in [1.82, 2.24) is 25.6 Å². The summed E-state index contributed by atoms with van der Waals surface area (Å²) < 4.78 is 0. The molecule has 9 nitrogen and oxygen atoms in total. The van der Waals surface area contributed by atoms with Gasteiger partial charge in [-0.2, -0.15) is 15.0 Å². The van der Waals surface area contributed by atoms with Crippen LogP contribution in [0.3, 0.4) is 0 Å². The standard InChI is InChI=1S/C25H22N8O/c34-24(18-33-30-25(28-31-33)21-9-5-2-6-10-21)27-26-17-19-11-13-22(14-12-19)32-16-15-23(29-32)20-7-3-1-4-8-20/h1-14,17H,15-16,18H2,(H,27,34)/b26-17+. The summed E-state index contributed by atoms with van der Waals surface area (Å²) in [6.07, 6.45) is 2.50. The number of carbonyl (C=O) groups excluding carboxylic acids is 1. The van der Waals surface area contributed by atoms with Crippen LogP contribution in [0.5, 0.6) is 0 Å². The zero-order valence-electron chi connectivity index (χ0n) is 18.3. The molecule has 0 unspecified atom stereocenters. The van der Waals surface area contributed by atoms with Gasteiger partial charge in [0, 0.05) is 18.5 Å². The van der Waals surface area contributed by atoms with Crippen LogP contribution in [0.25, 0.3) is 11.4 Å². The van der Waals surface area contributed by atoms with E-state index in [1.54, 1.807) is 6.21 Å². The van der Waals surface area contributed by atoms with E-state index < -0.39 is 0 Å². The predicted molar refractivity (Wildman–Crippen MR) is 130 cm³/mol. The summed E-state index contributed by atoms with van der Waals surface area (Å²) in [6, 6.07) is 27.5. The molecule has 1 aromatic heterocycles. The van der Waals surface area contributed by atoms with E-state index in [1.807, 2.05) is 77.8 Å². The number of carbonyl (C=O) groups is 1. The van der Waals surface area contributed by atoms with Crippen molar-refractivity contribution in [2.24, 2.45) is 10.2 Å². The van der Waals surface area contributed by atoms with Crippen LogP contribution in [0.1, 0.15) is 17.5 Å². The van der Waals surface area contributed by atoms with Crippen molar-refractivity contribution in [3.8, 4) is 11.4 Å². The third-order valence-electron chi connectivity index (χ3n) is 5.27. The molecule has 0 saturated heterocycles. The van der Waals surface area contributed by atoms with Gasteiger partial charge in [0.25, 0.3) is 5.91 Å². The average molecular weight is 451 g/mol. The Balaban J connectivity index is 1.14. The van der Waals surface area contributed by atoms with Crippen molar-refractivity contribution < 1.29 is 4.79 Å². The zero-order chi connectivity index (χ0) is 23.2. The molecule has 0 bridgehead atoms. The molecule has 1 aliphatic heterocycles. The molecule has 9 heteroatoms. The van der Waals surface area contributed by atoms with Gasteiger partial charge >= 0.3 is 0 Å². The predicted octanol–water partition coefficient (Wildman–Crippen LogP) is 3.10. The topological polar surface area (TPSA) is 101 Å². The number of hydrazone groups is 2. The highest BCUT2D eigenvalue weighted by Crippen LogP contribution is 2.22. The fourth-order valence-electron chi connectivity index (χ4n) is 3.57. The quantitative estimate of drug-likeness (QED) is 0.344. The van der Waals surface area contributed by atoms with Gasteiger partial charge < -0.3 is 0 Å². The van der Waals surface area contributed by atoms with Gasteiger partial charge in [-0.05, 0) is 28.5 Å². The molecule has 0 aliphatic carbocycles. The number of amides is 1. The molecule has 0 fully saturated rings. The first-order valence-corrected chi connectivity index (χ1v) is 10.9. The average Bonchev–Trinajstić information content (AvgIpc) is 3.56. The van der Waals surface area contributed by atoms with E-state index in [1.165, 1.54) is 4.80 Å². The number of benzene rings is 3. The van der Waals surface area contributed by atoms with E-state index in [0.717, 1.165) is 41.1 Å². The van der Waals surface area contributed by atoms with Crippen molar-refractivity contribution in [1.29, 1.82) is 0 Å². The third kappa shape index (κ3) is 5.04. The summed E-state index contributed by atoms with van der Waals surface area (Å²) in [5.74, 6) is 0.125. The minimum absolute atomic E-state index is 0.0766. The van der Waals surface area contributed by atoms with Crippen LogP contribution in [-0.2, 0) is 11.3 Å². The number of tetrazole rings is 1. The zero-order valence-corrected chi connectivity index (χ0v) is 18.3. The largest absolute Gasteiger partial charge is 0.271 e. The second-order valence-electron chi connectivity index (χ2n) is 7.68. The van der Waals surface area contributed by atoms with Gasteiger partial charge in [0.2, 0.25) is 5.82 Å². The van der Waals surface area contributed by atoms with E-state index >= 15 is 0 Å². The number of rotatable bonds is 7. The van der Waals surface area contributed by atoms with Gasteiger partial charge in [-0.3, -0.25) is 9.80 Å². The smallest absolute Gasteiger partial charge is 0.263 e. The Morgan fingerprint density at radius 2 is 1.65 bits per heavy atom. The monoisotopic (exact) mass is 450 g/mol. The Bertz CT molecular complexity index is 1310. The highest BCUT2D eigenvalue weighted by Gasteiger charge is 2.17. The molecule has 0 saturated carbocycles. The van der Waals surface area contributed by atoms with Crippen LogP contribution in [0.2, 0.25) is 0 Å². The van der Waals surface area contributed by atoms with Gasteiger partial charge in [-0.1, -0.05) is 72.8 Å². The summed E-state index contributed by atoms with van der Waals surface area (Å²) in [4.78, 5) is 13.4. The molecular formula is C25H22N8O. The minimum Gasteiger partial charge on any atom is -0.271 e. The minimum atomic E-state index is -0.343. The van der Waals surface area contributed by atoms with E-state index in [2.05, 4.69) is 38.1 Å². The first kappa shape index (κ1) is 21.2. The summed E-state index contributed by atoms with van der Waals surface area (Å²) in [5.41, 5.74) is 7.45. The van der Waals surface area contributed by atoms with Crippen LogP contribution >= 0.6 is 0 Å². The summed E-state index contributed by atoms with van der Waals surface area (Å²) in [6.45, 7) is 0.767. The molecule has 1 aliphatic rings. The molecule has 168 valence electrons. The maximum absolute atomic E-state index is 12.1. The Morgan fingerprint density at radius 3 is 2.38 bits per heavy atom. The Morgan fingerprint density at radius 1 is 0.941 bits per heavy atom. The summed E-state index contributed by atoms with van der Waals surface area (Å²) >= 11 is 0. The number of hydrogen-bond acceptors (Lipinski definition) is 7. The number of nitrogens with one attached hydrogen (secondary N) is 1. The molecule has 34 heavy (non-hydrogen) atoms. The fraction of sp³-hybridized carbons (Fsp3) is 0.120. The van der Waals surface area contributed by atoms with Gasteiger partial charge in [0.15, 0.2) is 0 Å². The highest BCUT2D eigenvalue weighted by molar-refractivity contribution is 6.02. The number of hydrogen-bond donors (Lipinski definition) is 1. The first-order chi connectivity index (χ1) is 16.7. The number of nitrogens with zero attached hydrogens (tertiary/aromatic N) is 7. The van der Waals surface area contributed by atoms with Gasteiger partial charge in [-0.25, -0.2) is 5.43 Å². The highest BCUT2D eigenvalue weighted by atomic mass is 16.2. The molecule has 1 amide bonds. The maximum atomic E-state index is 12.1. The second kappa shape index (κ2) is 9.86. The van der Waals surface area contributed by atoms with Crippen molar-refractivity contribution >= 4 is 23.5 Å². The van der Waals surface area contributed by atoms with E-state index in [9.17, 15) is 4.79 Å². The molecule has 0 spiro atoms. The third-order valence-corrected chi connectivity index (χ3v) is 5.27. The molecule has 4 aromatic rings. The van der Waals surface area contributed by atoms with Gasteiger partial charge in [-0.15, -0.1) is 10.2 Å². The van der Waals surface area contributed by atoms with Crippen molar-refractivity contribution in [3.05, 3.63) is 96.1 Å². The van der Waals surface area contributed by atoms with Crippen molar-refractivity contribution in [2.75, 3.05) is 11.6 Å². The number of aromatic nitrogens is 4. The van der Waals surface area contributed by atoms with Gasteiger partial charge in [0.1, 0.15) is 6.54 Å². The molecule has 2 heterocycles. The van der Waals surface area contributed by atoms with E-state index in [-0.39, 0.29) is 12.5 Å². The SMILES string of the molecule is O=C(Cn1nnc(-c2ccccc2)n1)N/N=C/c1ccc(N2CCC(c3ccccc3)=N2)cc1. The second-order valence-corrected chi connectivity index (χ2v) is 7.68. The molecule has 0 atom stereocenters. The number of anilines is 1. The fourth-order valence-corrected chi connectivity index (χ4v) is 3.57. The maximum Gasteiger partial charge on any atom is 0.263 e. The molecular weight excluding hydrogens is 428 g/mol. The lowest BCUT2D eigenvalue weighted by molar-refractivity contribution is -0.122. The van der Waals surface area contributed by atoms with Crippen LogP contribution in [0.15, 0.2) is 95.1 Å². The Kier molecular flexibility index (Phi) is 6.15. The van der Waals surface area contributed by atoms with Crippen molar-refractivity contribution in [2.45, 2.75) is 13.0 Å². The van der Waals surface area contributed by atoms with Gasteiger partial charge in [0.05, 0.1) is 17.6 Å². The normalized spacial score (nSPS) is 13.3. The van der Waals surface area contributed by atoms with E-state index in [0.29, 0.717) is 5.82 Å². The summed E-state index contributed by atoms with van der Waals surface area (Å²) in [7, 11) is 0. The summed E-state index contributed by atoms with van der Waals surface area (Å²) in [5, 5.41) is 22.9. The van der Waals surface area contributed by atoms with Crippen LogP contribution in [0, 0.1) is 0 Å². The Labute approximate surface area is 196 Å².